The third kappa shape index (κ3) is 5.66. The normalized spacial score (nSPS) is 13.0. The third-order valence-electron chi connectivity index (χ3n) is 3.70. The molecule has 0 saturated carbocycles. The van der Waals surface area contributed by atoms with E-state index in [1.54, 1.807) is 31.2 Å². The van der Waals surface area contributed by atoms with Crippen molar-refractivity contribution < 1.29 is 19.5 Å². The minimum Gasteiger partial charge on any atom is -0.480 e. The average molecular weight is 335 g/mol. The number of aliphatic carboxylic acids is 1. The Labute approximate surface area is 141 Å². The first-order valence-corrected chi connectivity index (χ1v) is 7.96. The van der Waals surface area contributed by atoms with Crippen LogP contribution >= 0.6 is 0 Å². The van der Waals surface area contributed by atoms with Crippen LogP contribution in [0.5, 0.6) is 0 Å². The molecule has 0 aliphatic heterocycles. The highest BCUT2D eigenvalue weighted by molar-refractivity contribution is 6.00. The van der Waals surface area contributed by atoms with Gasteiger partial charge in [0, 0.05) is 12.6 Å². The van der Waals surface area contributed by atoms with Crippen molar-refractivity contribution in [1.29, 1.82) is 0 Å². The highest BCUT2D eigenvalue weighted by atomic mass is 16.4. The summed E-state index contributed by atoms with van der Waals surface area (Å²) in [6, 6.07) is 6.98. The number of hydrogen-bond acceptors (Lipinski definition) is 4. The number of anilines is 1. The first-order valence-electron chi connectivity index (χ1n) is 7.96. The Kier molecular flexibility index (Phi) is 7.91. The molecular formula is C17H25N3O4. The van der Waals surface area contributed by atoms with Crippen LogP contribution in [0.4, 0.5) is 5.69 Å². The van der Waals surface area contributed by atoms with Crippen molar-refractivity contribution in [3.8, 4) is 0 Å². The molecule has 7 heteroatoms. The van der Waals surface area contributed by atoms with Crippen molar-refractivity contribution in [2.75, 3.05) is 11.4 Å². The Morgan fingerprint density at radius 1 is 1.21 bits per heavy atom. The Balaban J connectivity index is 2.82. The van der Waals surface area contributed by atoms with E-state index in [1.807, 2.05) is 6.07 Å². The van der Waals surface area contributed by atoms with E-state index in [1.165, 1.54) is 11.8 Å². The molecule has 0 heterocycles. The van der Waals surface area contributed by atoms with E-state index in [4.69, 9.17) is 5.73 Å². The molecule has 0 bridgehead atoms. The number of carbonyl (C=O) groups excluding carboxylic acids is 2. The zero-order chi connectivity index (χ0) is 18.1. The summed E-state index contributed by atoms with van der Waals surface area (Å²) in [5.41, 5.74) is 5.98. The quantitative estimate of drug-likeness (QED) is 0.586. The number of nitrogens with two attached hydrogens (primary N) is 1. The molecule has 4 N–H and O–H groups in total. The van der Waals surface area contributed by atoms with E-state index in [0.717, 1.165) is 0 Å². The maximum atomic E-state index is 12.4. The summed E-state index contributed by atoms with van der Waals surface area (Å²) in [6.45, 7) is 3.41. The second-order valence-corrected chi connectivity index (χ2v) is 5.58. The van der Waals surface area contributed by atoms with Crippen LogP contribution in [0.1, 0.15) is 33.1 Å². The molecule has 7 nitrogen and oxygen atoms in total. The molecule has 132 valence electrons. The lowest BCUT2D eigenvalue weighted by molar-refractivity contribution is -0.142. The van der Waals surface area contributed by atoms with Gasteiger partial charge in [-0.3, -0.25) is 9.59 Å². The van der Waals surface area contributed by atoms with Crippen molar-refractivity contribution in [2.45, 2.75) is 45.2 Å². The Morgan fingerprint density at radius 3 is 2.33 bits per heavy atom. The van der Waals surface area contributed by atoms with Gasteiger partial charge in [0.25, 0.3) is 0 Å². The summed E-state index contributed by atoms with van der Waals surface area (Å²) in [7, 11) is 0. The van der Waals surface area contributed by atoms with E-state index in [0.29, 0.717) is 31.5 Å². The maximum absolute atomic E-state index is 12.4. The van der Waals surface area contributed by atoms with Gasteiger partial charge in [0.05, 0.1) is 0 Å². The van der Waals surface area contributed by atoms with Crippen LogP contribution in [0.25, 0.3) is 0 Å². The van der Waals surface area contributed by atoms with E-state index >= 15 is 0 Å². The molecule has 0 aliphatic carbocycles. The van der Waals surface area contributed by atoms with Crippen molar-refractivity contribution in [3.05, 3.63) is 30.3 Å². The highest BCUT2D eigenvalue weighted by Gasteiger charge is 2.28. The monoisotopic (exact) mass is 335 g/mol. The standard InChI is InChI=1S/C17H25N3O4/c1-12(20(13(2)21)14-8-4-3-5-9-14)16(22)19-15(17(23)24)10-6-7-11-18/h3-5,8-9,12,15H,6-7,10-11,18H2,1-2H3,(H,19,22)(H,23,24)/t12-,15-/m0/s1. The predicted octanol–water partition coefficient (Wildman–Crippen LogP) is 1.13. The number of unbranched alkanes of at least 4 members (excludes halogenated alkanes) is 1. The van der Waals surface area contributed by atoms with Crippen molar-refractivity contribution in [3.63, 3.8) is 0 Å². The van der Waals surface area contributed by atoms with Gasteiger partial charge in [-0.25, -0.2) is 4.79 Å². The van der Waals surface area contributed by atoms with Gasteiger partial charge in [-0.15, -0.1) is 0 Å². The average Bonchev–Trinajstić information content (AvgIpc) is 2.54. The molecule has 0 unspecified atom stereocenters. The highest BCUT2D eigenvalue weighted by Crippen LogP contribution is 2.17. The number of para-hydroxylation sites is 1. The molecule has 0 aliphatic rings. The molecular weight excluding hydrogens is 310 g/mol. The van der Waals surface area contributed by atoms with E-state index < -0.39 is 24.0 Å². The van der Waals surface area contributed by atoms with Gasteiger partial charge >= 0.3 is 5.97 Å². The Bertz CT molecular complexity index is 562. The van der Waals surface area contributed by atoms with E-state index in [9.17, 15) is 19.5 Å². The molecule has 0 spiro atoms. The van der Waals surface area contributed by atoms with Gasteiger partial charge < -0.3 is 21.1 Å². The van der Waals surface area contributed by atoms with Crippen LogP contribution in [-0.4, -0.2) is 41.5 Å². The number of carboxylic acid groups (broad SMARTS) is 1. The molecule has 1 rings (SSSR count). The van der Waals surface area contributed by atoms with Crippen LogP contribution in [0, 0.1) is 0 Å². The fourth-order valence-corrected chi connectivity index (χ4v) is 2.43. The number of carboxylic acids is 1. The van der Waals surface area contributed by atoms with Crippen molar-refractivity contribution >= 4 is 23.5 Å². The molecule has 24 heavy (non-hydrogen) atoms. The number of carbonyl (C=O) groups is 3. The van der Waals surface area contributed by atoms with Crippen LogP contribution < -0.4 is 16.0 Å². The topological polar surface area (TPSA) is 113 Å². The minimum atomic E-state index is -1.10. The number of hydrogen-bond donors (Lipinski definition) is 3. The SMILES string of the molecule is CC(=O)N(c1ccccc1)[C@@H](C)C(=O)N[C@@H](CCCCN)C(=O)O. The second-order valence-electron chi connectivity index (χ2n) is 5.58. The summed E-state index contributed by atoms with van der Waals surface area (Å²) >= 11 is 0. The molecule has 2 atom stereocenters. The molecule has 0 fully saturated rings. The van der Waals surface area contributed by atoms with Gasteiger partial charge in [-0.1, -0.05) is 18.2 Å². The number of benzene rings is 1. The Hall–Kier alpha value is -2.41. The van der Waals surface area contributed by atoms with Crippen molar-refractivity contribution in [2.24, 2.45) is 5.73 Å². The lowest BCUT2D eigenvalue weighted by atomic mass is 10.1. The molecule has 1 aromatic carbocycles. The fraction of sp³-hybridized carbons (Fsp3) is 0.471. The smallest absolute Gasteiger partial charge is 0.326 e. The summed E-state index contributed by atoms with van der Waals surface area (Å²) < 4.78 is 0. The minimum absolute atomic E-state index is 0.293. The lowest BCUT2D eigenvalue weighted by Gasteiger charge is -2.28. The summed E-state index contributed by atoms with van der Waals surface area (Å²) in [4.78, 5) is 37.0. The number of rotatable bonds is 9. The third-order valence-corrected chi connectivity index (χ3v) is 3.70. The largest absolute Gasteiger partial charge is 0.480 e. The van der Waals surface area contributed by atoms with Crippen LogP contribution in [0.2, 0.25) is 0 Å². The maximum Gasteiger partial charge on any atom is 0.326 e. The molecule has 0 radical (unpaired) electrons. The number of nitrogens with zero attached hydrogens (tertiary/aromatic N) is 1. The van der Waals surface area contributed by atoms with Gasteiger partial charge in [0.1, 0.15) is 12.1 Å². The molecule has 0 saturated heterocycles. The van der Waals surface area contributed by atoms with Crippen LogP contribution in [0.15, 0.2) is 30.3 Å². The second kappa shape index (κ2) is 9.67. The van der Waals surface area contributed by atoms with Crippen LogP contribution in [0.3, 0.4) is 0 Å². The zero-order valence-corrected chi connectivity index (χ0v) is 14.1. The number of amides is 2. The first-order chi connectivity index (χ1) is 11.4. The predicted molar refractivity (Wildman–Crippen MR) is 91.5 cm³/mol. The van der Waals surface area contributed by atoms with Gasteiger partial charge in [-0.05, 0) is 44.9 Å². The van der Waals surface area contributed by atoms with Crippen LogP contribution in [-0.2, 0) is 14.4 Å². The molecule has 1 aromatic rings. The van der Waals surface area contributed by atoms with Gasteiger partial charge in [0.15, 0.2) is 0 Å². The summed E-state index contributed by atoms with van der Waals surface area (Å²) in [5.74, 6) is -1.89. The molecule has 0 aromatic heterocycles. The van der Waals surface area contributed by atoms with Crippen molar-refractivity contribution in [1.82, 2.24) is 5.32 Å². The summed E-state index contributed by atoms with van der Waals surface area (Å²) in [5, 5.41) is 11.7. The lowest BCUT2D eigenvalue weighted by Crippen LogP contribution is -2.52. The number of nitrogens with one attached hydrogen (secondary N) is 1. The van der Waals surface area contributed by atoms with E-state index in [-0.39, 0.29) is 5.91 Å². The Morgan fingerprint density at radius 2 is 1.83 bits per heavy atom. The molecule has 2 amide bonds. The van der Waals surface area contributed by atoms with E-state index in [2.05, 4.69) is 5.32 Å². The first kappa shape index (κ1) is 19.6. The fourth-order valence-electron chi connectivity index (χ4n) is 2.43. The van der Waals surface area contributed by atoms with Gasteiger partial charge in [0.2, 0.25) is 11.8 Å². The zero-order valence-electron chi connectivity index (χ0n) is 14.1. The van der Waals surface area contributed by atoms with Gasteiger partial charge in [-0.2, -0.15) is 0 Å². The summed E-state index contributed by atoms with van der Waals surface area (Å²) in [6.07, 6.45) is 1.60.